The van der Waals surface area contributed by atoms with E-state index >= 15 is 0 Å². The quantitative estimate of drug-likeness (QED) is 0.706. The van der Waals surface area contributed by atoms with Crippen molar-refractivity contribution >= 4 is 16.5 Å². The lowest BCUT2D eigenvalue weighted by Crippen LogP contribution is -1.94. The van der Waals surface area contributed by atoms with Crippen molar-refractivity contribution in [2.24, 2.45) is 0 Å². The van der Waals surface area contributed by atoms with E-state index in [2.05, 4.69) is 31.2 Å². The molecule has 0 aromatic heterocycles. The third kappa shape index (κ3) is 1.64. The number of fused-ring (bicyclic) bond motifs is 3. The van der Waals surface area contributed by atoms with Gasteiger partial charge >= 0.3 is 0 Å². The van der Waals surface area contributed by atoms with Gasteiger partial charge in [0.1, 0.15) is 5.76 Å². The van der Waals surface area contributed by atoms with Crippen molar-refractivity contribution < 1.29 is 5.11 Å². The molecule has 2 aromatic carbocycles. The lowest BCUT2D eigenvalue weighted by atomic mass is 9.95. The molecule has 0 saturated heterocycles. The van der Waals surface area contributed by atoms with Gasteiger partial charge in [0.25, 0.3) is 0 Å². The summed E-state index contributed by atoms with van der Waals surface area (Å²) in [5, 5.41) is 12.5. The lowest BCUT2D eigenvalue weighted by Gasteiger charge is -2.11. The van der Waals surface area contributed by atoms with E-state index in [0.29, 0.717) is 5.76 Å². The Morgan fingerprint density at radius 3 is 2.71 bits per heavy atom. The monoisotopic (exact) mass is 222 g/mol. The van der Waals surface area contributed by atoms with E-state index in [1.807, 2.05) is 18.2 Å². The second-order valence-electron chi connectivity index (χ2n) is 4.56. The van der Waals surface area contributed by atoms with Crippen molar-refractivity contribution in [1.29, 1.82) is 0 Å². The van der Waals surface area contributed by atoms with Gasteiger partial charge in [0.05, 0.1) is 0 Å². The molecule has 0 aliphatic heterocycles. The summed E-state index contributed by atoms with van der Waals surface area (Å²) in [5.41, 5.74) is 3.45. The molecule has 0 unspecified atom stereocenters. The van der Waals surface area contributed by atoms with Crippen LogP contribution < -0.4 is 0 Å². The Morgan fingerprint density at radius 1 is 1.00 bits per heavy atom. The van der Waals surface area contributed by atoms with Crippen LogP contribution in [0.25, 0.3) is 16.5 Å². The van der Waals surface area contributed by atoms with Gasteiger partial charge in [-0.05, 0) is 35.8 Å². The van der Waals surface area contributed by atoms with Crippen molar-refractivity contribution in [3.8, 4) is 0 Å². The molecule has 2 aromatic rings. The maximum absolute atomic E-state index is 10.2. The molecule has 0 amide bonds. The minimum atomic E-state index is 0.369. The summed E-state index contributed by atoms with van der Waals surface area (Å²) < 4.78 is 0. The number of aliphatic hydroxyl groups is 1. The highest BCUT2D eigenvalue weighted by Crippen LogP contribution is 2.30. The average Bonchev–Trinajstić information content (AvgIpc) is 2.49. The Hall–Kier alpha value is -2.02. The maximum atomic E-state index is 10.2. The summed E-state index contributed by atoms with van der Waals surface area (Å²) >= 11 is 0. The Bertz CT molecular complexity index is 648. The van der Waals surface area contributed by atoms with Crippen LogP contribution in [0.5, 0.6) is 0 Å². The smallest absolute Gasteiger partial charge is 0.123 e. The standard InChI is InChI=1S/C16H14O/c1-11-6-9-15(17)16-13(10-11)8-7-12-4-2-3-5-14(12)16/h2-9,17H,10H2,1H3. The van der Waals surface area contributed by atoms with Gasteiger partial charge in [-0.2, -0.15) is 0 Å². The lowest BCUT2D eigenvalue weighted by molar-refractivity contribution is 0.512. The summed E-state index contributed by atoms with van der Waals surface area (Å²) in [5.74, 6) is 0.369. The molecule has 1 N–H and O–H groups in total. The Labute approximate surface area is 101 Å². The fourth-order valence-electron chi connectivity index (χ4n) is 2.43. The van der Waals surface area contributed by atoms with Crippen LogP contribution in [0.4, 0.5) is 0 Å². The molecule has 0 fully saturated rings. The molecular formula is C16H14O. The first-order valence-electron chi connectivity index (χ1n) is 5.83. The fraction of sp³-hybridized carbons (Fsp3) is 0.125. The predicted octanol–water partition coefficient (Wildman–Crippen LogP) is 4.24. The van der Waals surface area contributed by atoms with Crippen molar-refractivity contribution in [3.63, 3.8) is 0 Å². The van der Waals surface area contributed by atoms with Gasteiger partial charge in [0, 0.05) is 5.56 Å². The van der Waals surface area contributed by atoms with E-state index in [1.165, 1.54) is 16.5 Å². The third-order valence-electron chi connectivity index (χ3n) is 3.27. The van der Waals surface area contributed by atoms with Crippen molar-refractivity contribution in [3.05, 3.63) is 65.3 Å². The van der Waals surface area contributed by atoms with E-state index in [0.717, 1.165) is 17.4 Å². The molecule has 17 heavy (non-hydrogen) atoms. The minimum Gasteiger partial charge on any atom is -0.507 e. The average molecular weight is 222 g/mol. The summed E-state index contributed by atoms with van der Waals surface area (Å²) in [6.07, 6.45) is 4.69. The molecule has 0 saturated carbocycles. The molecule has 1 aliphatic rings. The molecule has 84 valence electrons. The van der Waals surface area contributed by atoms with E-state index in [-0.39, 0.29) is 0 Å². The summed E-state index contributed by atoms with van der Waals surface area (Å²) in [7, 11) is 0. The van der Waals surface area contributed by atoms with E-state index in [9.17, 15) is 5.11 Å². The van der Waals surface area contributed by atoms with Gasteiger partial charge in [0.15, 0.2) is 0 Å². The van der Waals surface area contributed by atoms with Crippen LogP contribution >= 0.6 is 0 Å². The SMILES string of the molecule is CC1=CC=C(O)c2c(ccc3ccccc23)C1. The maximum Gasteiger partial charge on any atom is 0.123 e. The second-order valence-corrected chi connectivity index (χ2v) is 4.56. The van der Waals surface area contributed by atoms with Crippen LogP contribution in [-0.2, 0) is 6.42 Å². The third-order valence-corrected chi connectivity index (χ3v) is 3.27. The molecule has 1 nitrogen and oxygen atoms in total. The van der Waals surface area contributed by atoms with Gasteiger partial charge in [-0.3, -0.25) is 0 Å². The predicted molar refractivity (Wildman–Crippen MR) is 72.0 cm³/mol. The van der Waals surface area contributed by atoms with Crippen molar-refractivity contribution in [1.82, 2.24) is 0 Å². The number of allylic oxidation sites excluding steroid dienone is 3. The summed E-state index contributed by atoms with van der Waals surface area (Å²) in [6, 6.07) is 12.4. The van der Waals surface area contributed by atoms with E-state index in [4.69, 9.17) is 0 Å². The van der Waals surface area contributed by atoms with Gasteiger partial charge in [-0.15, -0.1) is 0 Å². The molecule has 0 bridgehead atoms. The van der Waals surface area contributed by atoms with Crippen molar-refractivity contribution in [2.75, 3.05) is 0 Å². The first-order chi connectivity index (χ1) is 8.25. The van der Waals surface area contributed by atoms with Crippen LogP contribution in [0.3, 0.4) is 0 Å². The highest BCUT2D eigenvalue weighted by atomic mass is 16.3. The highest BCUT2D eigenvalue weighted by Gasteiger charge is 2.13. The van der Waals surface area contributed by atoms with Crippen LogP contribution in [0, 0.1) is 0 Å². The molecule has 3 rings (SSSR count). The number of hydrogen-bond acceptors (Lipinski definition) is 1. The molecular weight excluding hydrogens is 208 g/mol. The molecule has 0 spiro atoms. The zero-order valence-corrected chi connectivity index (χ0v) is 9.77. The number of aliphatic hydroxyl groups excluding tert-OH is 1. The fourth-order valence-corrected chi connectivity index (χ4v) is 2.43. The molecule has 1 heteroatoms. The topological polar surface area (TPSA) is 20.2 Å². The molecule has 1 aliphatic carbocycles. The zero-order valence-electron chi connectivity index (χ0n) is 9.77. The van der Waals surface area contributed by atoms with Crippen LogP contribution in [0.1, 0.15) is 18.1 Å². The molecule has 0 atom stereocenters. The Kier molecular flexibility index (Phi) is 2.25. The molecule has 0 heterocycles. The summed E-state index contributed by atoms with van der Waals surface area (Å²) in [4.78, 5) is 0. The van der Waals surface area contributed by atoms with Crippen molar-refractivity contribution in [2.45, 2.75) is 13.3 Å². The highest BCUT2D eigenvalue weighted by molar-refractivity contribution is 5.94. The van der Waals surface area contributed by atoms with Gasteiger partial charge in [-0.25, -0.2) is 0 Å². The Balaban J connectivity index is 2.37. The van der Waals surface area contributed by atoms with Gasteiger partial charge in [-0.1, -0.05) is 48.0 Å². The van der Waals surface area contributed by atoms with E-state index in [1.54, 1.807) is 6.08 Å². The van der Waals surface area contributed by atoms with Gasteiger partial charge < -0.3 is 5.11 Å². The summed E-state index contributed by atoms with van der Waals surface area (Å²) in [6.45, 7) is 2.09. The Morgan fingerprint density at radius 2 is 1.82 bits per heavy atom. The largest absolute Gasteiger partial charge is 0.507 e. The van der Waals surface area contributed by atoms with Gasteiger partial charge in [0.2, 0.25) is 0 Å². The first kappa shape index (κ1) is 10.2. The zero-order chi connectivity index (χ0) is 11.8. The number of hydrogen-bond donors (Lipinski definition) is 1. The number of benzene rings is 2. The number of rotatable bonds is 0. The first-order valence-corrected chi connectivity index (χ1v) is 5.83. The van der Waals surface area contributed by atoms with Crippen LogP contribution in [0.2, 0.25) is 0 Å². The van der Waals surface area contributed by atoms with Crippen LogP contribution in [0.15, 0.2) is 54.1 Å². The normalized spacial score (nSPS) is 14.9. The van der Waals surface area contributed by atoms with Crippen LogP contribution in [-0.4, -0.2) is 5.11 Å². The second kappa shape index (κ2) is 3.77. The minimum absolute atomic E-state index is 0.369. The molecule has 0 radical (unpaired) electrons. The van der Waals surface area contributed by atoms with E-state index < -0.39 is 0 Å².